The second-order valence-corrected chi connectivity index (χ2v) is 5.60. The first-order valence-electron chi connectivity index (χ1n) is 6.55. The number of carbonyl (C=O) groups is 1. The van der Waals surface area contributed by atoms with Crippen LogP contribution in [-0.4, -0.2) is 48.4 Å². The molecule has 5 heteroatoms. The van der Waals surface area contributed by atoms with E-state index in [1.54, 1.807) is 25.2 Å². The van der Waals surface area contributed by atoms with Gasteiger partial charge in [0, 0.05) is 26.8 Å². The molecule has 0 fully saturated rings. The Labute approximate surface area is 120 Å². The Morgan fingerprint density at radius 1 is 1.32 bits per heavy atom. The van der Waals surface area contributed by atoms with Gasteiger partial charge in [0.05, 0.1) is 5.56 Å². The maximum Gasteiger partial charge on any atom is 0.254 e. The van der Waals surface area contributed by atoms with Gasteiger partial charge in [0.25, 0.3) is 5.91 Å². The molecule has 0 bridgehead atoms. The smallest absolute Gasteiger partial charge is 0.254 e. The van der Waals surface area contributed by atoms with E-state index in [0.717, 1.165) is 18.8 Å². The standard InChI is InChI=1S/C14H23N3OS/c1-17(2)14(18)12-7-8-13(16-11-12)15-9-5-4-6-10-19-3/h7-8,11H,4-6,9-10H2,1-3H3,(H,15,16). The number of carbonyl (C=O) groups excluding carboxylic acids is 1. The Morgan fingerprint density at radius 3 is 2.68 bits per heavy atom. The predicted octanol–water partition coefficient (Wildman–Crippen LogP) is 2.73. The van der Waals surface area contributed by atoms with Crippen LogP contribution in [0.5, 0.6) is 0 Å². The number of rotatable bonds is 8. The highest BCUT2D eigenvalue weighted by Crippen LogP contribution is 2.08. The number of hydrogen-bond acceptors (Lipinski definition) is 4. The van der Waals surface area contributed by atoms with Crippen molar-refractivity contribution in [3.8, 4) is 0 Å². The van der Waals surface area contributed by atoms with Gasteiger partial charge in [-0.2, -0.15) is 11.8 Å². The molecule has 1 aromatic heterocycles. The molecule has 1 rings (SSSR count). The number of aromatic nitrogens is 1. The summed E-state index contributed by atoms with van der Waals surface area (Å²) in [6.45, 7) is 0.933. The summed E-state index contributed by atoms with van der Waals surface area (Å²) in [5.41, 5.74) is 0.621. The van der Waals surface area contributed by atoms with Crippen LogP contribution in [0.2, 0.25) is 0 Å². The summed E-state index contributed by atoms with van der Waals surface area (Å²) in [6.07, 6.45) is 7.43. The molecule has 4 nitrogen and oxygen atoms in total. The van der Waals surface area contributed by atoms with Gasteiger partial charge in [-0.15, -0.1) is 0 Å². The Bertz CT molecular complexity index is 379. The molecule has 0 atom stereocenters. The number of anilines is 1. The van der Waals surface area contributed by atoms with Crippen LogP contribution in [0.15, 0.2) is 18.3 Å². The Kier molecular flexibility index (Phi) is 7.33. The second kappa shape index (κ2) is 8.80. The number of pyridine rings is 1. The van der Waals surface area contributed by atoms with E-state index in [2.05, 4.69) is 16.6 Å². The van der Waals surface area contributed by atoms with E-state index < -0.39 is 0 Å². The minimum absolute atomic E-state index is 0.0175. The van der Waals surface area contributed by atoms with Gasteiger partial charge < -0.3 is 10.2 Å². The van der Waals surface area contributed by atoms with Crippen molar-refractivity contribution in [1.29, 1.82) is 0 Å². The third-order valence-corrected chi connectivity index (χ3v) is 3.44. The van der Waals surface area contributed by atoms with Gasteiger partial charge in [-0.05, 0) is 37.0 Å². The molecule has 0 aliphatic carbocycles. The topological polar surface area (TPSA) is 45.2 Å². The summed E-state index contributed by atoms with van der Waals surface area (Å²) in [6, 6.07) is 3.67. The highest BCUT2D eigenvalue weighted by Gasteiger charge is 2.07. The summed E-state index contributed by atoms with van der Waals surface area (Å²) in [7, 11) is 3.48. The lowest BCUT2D eigenvalue weighted by molar-refractivity contribution is 0.0827. The van der Waals surface area contributed by atoms with Crippen LogP contribution in [0.4, 0.5) is 5.82 Å². The van der Waals surface area contributed by atoms with E-state index in [4.69, 9.17) is 0 Å². The van der Waals surface area contributed by atoms with Crippen molar-refractivity contribution in [1.82, 2.24) is 9.88 Å². The van der Waals surface area contributed by atoms with Crippen LogP contribution in [-0.2, 0) is 0 Å². The average molecular weight is 281 g/mol. The quantitative estimate of drug-likeness (QED) is 0.744. The zero-order valence-corrected chi connectivity index (χ0v) is 12.8. The summed E-state index contributed by atoms with van der Waals surface area (Å²) in [4.78, 5) is 17.5. The molecule has 0 aromatic carbocycles. The minimum Gasteiger partial charge on any atom is -0.370 e. The zero-order chi connectivity index (χ0) is 14.1. The molecule has 0 radical (unpaired) electrons. The molecule has 1 amide bonds. The molecule has 0 unspecified atom stereocenters. The van der Waals surface area contributed by atoms with Gasteiger partial charge in [0.15, 0.2) is 0 Å². The van der Waals surface area contributed by atoms with Crippen molar-refractivity contribution in [3.05, 3.63) is 23.9 Å². The lowest BCUT2D eigenvalue weighted by Gasteiger charge is -2.10. The van der Waals surface area contributed by atoms with E-state index in [-0.39, 0.29) is 5.91 Å². The highest BCUT2D eigenvalue weighted by atomic mass is 32.2. The summed E-state index contributed by atoms with van der Waals surface area (Å²) in [5, 5.41) is 3.27. The molecular formula is C14H23N3OS. The maximum absolute atomic E-state index is 11.7. The monoisotopic (exact) mass is 281 g/mol. The summed E-state index contributed by atoms with van der Waals surface area (Å²) < 4.78 is 0. The van der Waals surface area contributed by atoms with Gasteiger partial charge >= 0.3 is 0 Å². The Hall–Kier alpha value is -1.23. The Balaban J connectivity index is 2.30. The maximum atomic E-state index is 11.7. The first-order valence-corrected chi connectivity index (χ1v) is 7.95. The van der Waals surface area contributed by atoms with Crippen molar-refractivity contribution in [2.45, 2.75) is 19.3 Å². The fraction of sp³-hybridized carbons (Fsp3) is 0.571. The first-order chi connectivity index (χ1) is 9.15. The molecule has 19 heavy (non-hydrogen) atoms. The van der Waals surface area contributed by atoms with E-state index in [1.807, 2.05) is 23.9 Å². The van der Waals surface area contributed by atoms with Crippen LogP contribution in [0.25, 0.3) is 0 Å². The fourth-order valence-corrected chi connectivity index (χ4v) is 2.14. The minimum atomic E-state index is -0.0175. The van der Waals surface area contributed by atoms with Crippen LogP contribution in [0, 0.1) is 0 Å². The van der Waals surface area contributed by atoms with Gasteiger partial charge in [0.1, 0.15) is 5.82 Å². The second-order valence-electron chi connectivity index (χ2n) is 4.61. The summed E-state index contributed by atoms with van der Waals surface area (Å²) in [5.74, 6) is 2.05. The lowest BCUT2D eigenvalue weighted by Crippen LogP contribution is -2.21. The predicted molar refractivity (Wildman–Crippen MR) is 83.0 cm³/mol. The van der Waals surface area contributed by atoms with E-state index in [1.165, 1.54) is 18.6 Å². The van der Waals surface area contributed by atoms with Gasteiger partial charge in [-0.1, -0.05) is 6.42 Å². The number of hydrogen-bond donors (Lipinski definition) is 1. The van der Waals surface area contributed by atoms with E-state index in [0.29, 0.717) is 5.56 Å². The molecule has 1 N–H and O–H groups in total. The molecule has 106 valence electrons. The van der Waals surface area contributed by atoms with Crippen LogP contribution < -0.4 is 5.32 Å². The van der Waals surface area contributed by atoms with Gasteiger partial charge in [0.2, 0.25) is 0 Å². The fourth-order valence-electron chi connectivity index (χ4n) is 1.65. The van der Waals surface area contributed by atoms with Crippen molar-refractivity contribution >= 4 is 23.5 Å². The summed E-state index contributed by atoms with van der Waals surface area (Å²) >= 11 is 1.89. The van der Waals surface area contributed by atoms with E-state index >= 15 is 0 Å². The molecule has 0 spiro atoms. The molecule has 0 saturated carbocycles. The molecule has 1 aromatic rings. The molecular weight excluding hydrogens is 258 g/mol. The van der Waals surface area contributed by atoms with E-state index in [9.17, 15) is 4.79 Å². The third-order valence-electron chi connectivity index (χ3n) is 2.75. The first kappa shape index (κ1) is 15.8. The normalized spacial score (nSPS) is 10.3. The number of amides is 1. The number of nitrogens with one attached hydrogen (secondary N) is 1. The third kappa shape index (κ3) is 5.96. The van der Waals surface area contributed by atoms with Crippen molar-refractivity contribution in [2.75, 3.05) is 38.0 Å². The number of thioether (sulfide) groups is 1. The highest BCUT2D eigenvalue weighted by molar-refractivity contribution is 7.98. The SMILES string of the molecule is CSCCCCCNc1ccc(C(=O)N(C)C)cn1. The van der Waals surface area contributed by atoms with Crippen LogP contribution in [0.3, 0.4) is 0 Å². The average Bonchev–Trinajstić information content (AvgIpc) is 2.42. The van der Waals surface area contributed by atoms with Crippen molar-refractivity contribution < 1.29 is 4.79 Å². The largest absolute Gasteiger partial charge is 0.370 e. The number of unbranched alkanes of at least 4 members (excludes halogenated alkanes) is 2. The zero-order valence-electron chi connectivity index (χ0n) is 12.0. The van der Waals surface area contributed by atoms with Crippen molar-refractivity contribution in [3.63, 3.8) is 0 Å². The van der Waals surface area contributed by atoms with Gasteiger partial charge in [-0.25, -0.2) is 4.98 Å². The molecule has 0 aliphatic heterocycles. The number of nitrogens with zero attached hydrogens (tertiary/aromatic N) is 2. The molecule has 1 heterocycles. The van der Waals surface area contributed by atoms with Crippen LogP contribution >= 0.6 is 11.8 Å². The van der Waals surface area contributed by atoms with Gasteiger partial charge in [-0.3, -0.25) is 4.79 Å². The molecule has 0 saturated heterocycles. The Morgan fingerprint density at radius 2 is 2.11 bits per heavy atom. The van der Waals surface area contributed by atoms with Crippen LogP contribution in [0.1, 0.15) is 29.6 Å². The van der Waals surface area contributed by atoms with Crippen molar-refractivity contribution in [2.24, 2.45) is 0 Å². The molecule has 0 aliphatic rings. The lowest BCUT2D eigenvalue weighted by atomic mass is 10.2.